The van der Waals surface area contributed by atoms with Gasteiger partial charge in [0.05, 0.1) is 0 Å². The summed E-state index contributed by atoms with van der Waals surface area (Å²) in [4.78, 5) is 2.50. The zero-order valence-corrected chi connectivity index (χ0v) is 11.1. The van der Waals surface area contributed by atoms with Gasteiger partial charge < -0.3 is 10.5 Å². The predicted octanol–water partition coefficient (Wildman–Crippen LogP) is 2.05. The molecule has 1 aromatic carbocycles. The van der Waals surface area contributed by atoms with Gasteiger partial charge in [-0.2, -0.15) is 0 Å². The van der Waals surface area contributed by atoms with Crippen molar-refractivity contribution in [3.63, 3.8) is 0 Å². The van der Waals surface area contributed by atoms with E-state index in [1.807, 2.05) is 18.2 Å². The fourth-order valence-electron chi connectivity index (χ4n) is 2.47. The van der Waals surface area contributed by atoms with Crippen molar-refractivity contribution in [1.82, 2.24) is 4.90 Å². The number of benzene rings is 1. The van der Waals surface area contributed by atoms with Crippen LogP contribution in [0.5, 0.6) is 5.75 Å². The first kappa shape index (κ1) is 13.4. The lowest BCUT2D eigenvalue weighted by molar-refractivity contribution is 0.183. The van der Waals surface area contributed by atoms with Gasteiger partial charge in [-0.1, -0.05) is 24.6 Å². The van der Waals surface area contributed by atoms with Crippen LogP contribution in [-0.4, -0.2) is 37.7 Å². The van der Waals surface area contributed by atoms with Gasteiger partial charge in [0.2, 0.25) is 0 Å². The molecule has 1 fully saturated rings. The third kappa shape index (κ3) is 4.00. The molecular weight excluding hydrogens is 224 g/mol. The summed E-state index contributed by atoms with van der Waals surface area (Å²) in [7, 11) is 0. The van der Waals surface area contributed by atoms with Gasteiger partial charge in [-0.15, -0.1) is 0 Å². The summed E-state index contributed by atoms with van der Waals surface area (Å²) in [6.45, 7) is 4.95. The van der Waals surface area contributed by atoms with Crippen LogP contribution in [0.1, 0.15) is 24.8 Å². The molecule has 2 rings (SSSR count). The first-order valence-electron chi connectivity index (χ1n) is 7.03. The third-order valence-corrected chi connectivity index (χ3v) is 3.50. The maximum atomic E-state index is 5.90. The molecule has 0 amide bonds. The lowest BCUT2D eigenvalue weighted by Crippen LogP contribution is -2.33. The van der Waals surface area contributed by atoms with Crippen LogP contribution >= 0.6 is 0 Å². The summed E-state index contributed by atoms with van der Waals surface area (Å²) in [5, 5.41) is 0. The summed E-state index contributed by atoms with van der Waals surface area (Å²) in [6, 6.07) is 8.21. The average Bonchev–Trinajstić information content (AvgIpc) is 2.42. The smallest absolute Gasteiger partial charge is 0.122 e. The monoisotopic (exact) mass is 248 g/mol. The number of hydrogen-bond acceptors (Lipinski definition) is 3. The number of hydrogen-bond donors (Lipinski definition) is 1. The molecule has 0 radical (unpaired) electrons. The van der Waals surface area contributed by atoms with Crippen molar-refractivity contribution in [3.8, 4) is 5.75 Å². The maximum absolute atomic E-state index is 5.90. The SMILES string of the molecule is NCCc1ccccc1OCCN1CCCCC1. The van der Waals surface area contributed by atoms with E-state index in [1.54, 1.807) is 0 Å². The van der Waals surface area contributed by atoms with E-state index in [0.717, 1.165) is 25.3 Å². The van der Waals surface area contributed by atoms with E-state index in [-0.39, 0.29) is 0 Å². The average molecular weight is 248 g/mol. The molecule has 3 heteroatoms. The van der Waals surface area contributed by atoms with Crippen LogP contribution < -0.4 is 10.5 Å². The van der Waals surface area contributed by atoms with Crippen LogP contribution in [0.3, 0.4) is 0 Å². The molecule has 1 saturated heterocycles. The van der Waals surface area contributed by atoms with E-state index < -0.39 is 0 Å². The molecule has 1 aliphatic rings. The Kier molecular flexibility index (Phi) is 5.49. The lowest BCUT2D eigenvalue weighted by Gasteiger charge is -2.26. The number of rotatable bonds is 6. The van der Waals surface area contributed by atoms with Crippen molar-refractivity contribution in [2.24, 2.45) is 5.73 Å². The highest BCUT2D eigenvalue weighted by Gasteiger charge is 2.10. The fraction of sp³-hybridized carbons (Fsp3) is 0.600. The molecule has 0 bridgehead atoms. The predicted molar refractivity (Wildman–Crippen MR) is 75.0 cm³/mol. The van der Waals surface area contributed by atoms with E-state index in [0.29, 0.717) is 6.54 Å². The molecule has 0 atom stereocenters. The Morgan fingerprint density at radius 3 is 2.67 bits per heavy atom. The zero-order valence-electron chi connectivity index (χ0n) is 11.1. The highest BCUT2D eigenvalue weighted by atomic mass is 16.5. The Morgan fingerprint density at radius 1 is 1.11 bits per heavy atom. The van der Waals surface area contributed by atoms with Gasteiger partial charge in [0.25, 0.3) is 0 Å². The largest absolute Gasteiger partial charge is 0.492 e. The van der Waals surface area contributed by atoms with Crippen LogP contribution in [0, 0.1) is 0 Å². The first-order chi connectivity index (χ1) is 8.90. The van der Waals surface area contributed by atoms with Crippen molar-refractivity contribution < 1.29 is 4.74 Å². The molecule has 18 heavy (non-hydrogen) atoms. The number of nitrogens with two attached hydrogens (primary N) is 1. The number of nitrogens with zero attached hydrogens (tertiary/aromatic N) is 1. The van der Waals surface area contributed by atoms with E-state index in [9.17, 15) is 0 Å². The Labute approximate surface area is 110 Å². The maximum Gasteiger partial charge on any atom is 0.122 e. The molecule has 1 aromatic rings. The van der Waals surface area contributed by atoms with Crippen LogP contribution in [-0.2, 0) is 6.42 Å². The van der Waals surface area contributed by atoms with E-state index in [1.165, 1.54) is 37.9 Å². The van der Waals surface area contributed by atoms with Crippen LogP contribution in [0.15, 0.2) is 24.3 Å². The van der Waals surface area contributed by atoms with Crippen LogP contribution in [0.25, 0.3) is 0 Å². The summed E-state index contributed by atoms with van der Waals surface area (Å²) >= 11 is 0. The number of likely N-dealkylation sites (tertiary alicyclic amines) is 1. The van der Waals surface area contributed by atoms with Crippen LogP contribution in [0.2, 0.25) is 0 Å². The molecule has 0 saturated carbocycles. The quantitative estimate of drug-likeness (QED) is 0.837. The standard InChI is InChI=1S/C15H24N2O/c16-9-8-14-6-2-3-7-15(14)18-13-12-17-10-4-1-5-11-17/h2-3,6-7H,1,4-5,8-13,16H2. The minimum absolute atomic E-state index is 0.673. The second-order valence-electron chi connectivity index (χ2n) is 4.90. The minimum atomic E-state index is 0.673. The summed E-state index contributed by atoms with van der Waals surface area (Å²) in [6.07, 6.45) is 4.95. The Morgan fingerprint density at radius 2 is 1.89 bits per heavy atom. The van der Waals surface area contributed by atoms with Crippen molar-refractivity contribution in [2.75, 3.05) is 32.8 Å². The summed E-state index contributed by atoms with van der Waals surface area (Å²) < 4.78 is 5.90. The molecule has 0 aromatic heterocycles. The van der Waals surface area contributed by atoms with Crippen molar-refractivity contribution in [1.29, 1.82) is 0 Å². The molecular formula is C15H24N2O. The van der Waals surface area contributed by atoms with Crippen LogP contribution in [0.4, 0.5) is 0 Å². The van der Waals surface area contributed by atoms with Crippen molar-refractivity contribution in [2.45, 2.75) is 25.7 Å². The molecule has 0 aliphatic carbocycles. The van der Waals surface area contributed by atoms with Gasteiger partial charge in [0.1, 0.15) is 12.4 Å². The topological polar surface area (TPSA) is 38.5 Å². The van der Waals surface area contributed by atoms with E-state index in [2.05, 4.69) is 11.0 Å². The Bertz CT molecular complexity index is 348. The van der Waals surface area contributed by atoms with E-state index >= 15 is 0 Å². The second-order valence-corrected chi connectivity index (χ2v) is 4.90. The molecule has 2 N–H and O–H groups in total. The highest BCUT2D eigenvalue weighted by Crippen LogP contribution is 2.18. The van der Waals surface area contributed by atoms with Gasteiger partial charge in [0, 0.05) is 6.54 Å². The third-order valence-electron chi connectivity index (χ3n) is 3.50. The Balaban J connectivity index is 1.78. The van der Waals surface area contributed by atoms with Gasteiger partial charge in [-0.3, -0.25) is 4.90 Å². The fourth-order valence-corrected chi connectivity index (χ4v) is 2.47. The molecule has 0 unspecified atom stereocenters. The first-order valence-corrected chi connectivity index (χ1v) is 7.03. The Hall–Kier alpha value is -1.06. The van der Waals surface area contributed by atoms with Gasteiger partial charge in [-0.05, 0) is 50.5 Å². The normalized spacial score (nSPS) is 16.7. The van der Waals surface area contributed by atoms with Gasteiger partial charge in [0.15, 0.2) is 0 Å². The summed E-state index contributed by atoms with van der Waals surface area (Å²) in [5.74, 6) is 1.000. The molecule has 1 aliphatic heterocycles. The second kappa shape index (κ2) is 7.39. The zero-order chi connectivity index (χ0) is 12.6. The molecule has 1 heterocycles. The molecule has 3 nitrogen and oxygen atoms in total. The van der Waals surface area contributed by atoms with Gasteiger partial charge >= 0.3 is 0 Å². The van der Waals surface area contributed by atoms with Crippen molar-refractivity contribution in [3.05, 3.63) is 29.8 Å². The van der Waals surface area contributed by atoms with E-state index in [4.69, 9.17) is 10.5 Å². The minimum Gasteiger partial charge on any atom is -0.492 e. The molecule has 100 valence electrons. The van der Waals surface area contributed by atoms with Crippen molar-refractivity contribution >= 4 is 0 Å². The number of piperidine rings is 1. The lowest BCUT2D eigenvalue weighted by atomic mass is 10.1. The number of para-hydroxylation sites is 1. The summed E-state index contributed by atoms with van der Waals surface area (Å²) in [5.41, 5.74) is 6.83. The molecule has 0 spiro atoms. The van der Waals surface area contributed by atoms with Gasteiger partial charge in [-0.25, -0.2) is 0 Å². The number of ether oxygens (including phenoxy) is 1. The highest BCUT2D eigenvalue weighted by molar-refractivity contribution is 5.33.